The number of methoxy groups -OCH3 is 1. The zero-order valence-corrected chi connectivity index (χ0v) is 11.6. The highest BCUT2D eigenvalue weighted by Crippen LogP contribution is 2.14. The van der Waals surface area contributed by atoms with E-state index in [2.05, 4.69) is 15.3 Å². The highest BCUT2D eigenvalue weighted by Gasteiger charge is 2.23. The van der Waals surface area contributed by atoms with Gasteiger partial charge in [0.25, 0.3) is 0 Å². The van der Waals surface area contributed by atoms with Crippen molar-refractivity contribution in [3.05, 3.63) is 11.8 Å². The van der Waals surface area contributed by atoms with Gasteiger partial charge < -0.3 is 15.0 Å². The van der Waals surface area contributed by atoms with Gasteiger partial charge in [0, 0.05) is 24.8 Å². The van der Waals surface area contributed by atoms with Crippen molar-refractivity contribution in [1.82, 2.24) is 14.9 Å². The zero-order valence-electron chi connectivity index (χ0n) is 11.6. The first kappa shape index (κ1) is 13.6. The number of carbonyl (C=O) groups excluding carboxylic acids is 1. The van der Waals surface area contributed by atoms with Crippen molar-refractivity contribution in [2.75, 3.05) is 25.5 Å². The molecule has 104 valence electrons. The molecule has 1 aromatic rings. The van der Waals surface area contributed by atoms with Crippen molar-refractivity contribution in [3.8, 4) is 5.88 Å². The number of carbonyl (C=O) groups is 1. The Balaban J connectivity index is 2.03. The molecule has 1 unspecified atom stereocenters. The molecule has 0 aromatic carbocycles. The number of nitrogens with one attached hydrogen (secondary N) is 1. The Labute approximate surface area is 113 Å². The number of ether oxygens (including phenoxy) is 1. The van der Waals surface area contributed by atoms with Crippen LogP contribution in [0.25, 0.3) is 0 Å². The molecule has 1 fully saturated rings. The van der Waals surface area contributed by atoms with E-state index < -0.39 is 0 Å². The molecule has 1 amide bonds. The van der Waals surface area contributed by atoms with Gasteiger partial charge in [0.05, 0.1) is 7.11 Å². The van der Waals surface area contributed by atoms with Crippen LogP contribution in [0.2, 0.25) is 0 Å². The lowest BCUT2D eigenvalue weighted by Gasteiger charge is -2.21. The summed E-state index contributed by atoms with van der Waals surface area (Å²) in [7, 11) is 1.56. The molecular weight excluding hydrogens is 244 g/mol. The Morgan fingerprint density at radius 1 is 1.42 bits per heavy atom. The van der Waals surface area contributed by atoms with Crippen LogP contribution >= 0.6 is 0 Å². The maximum Gasteiger partial charge on any atom is 0.244 e. The minimum absolute atomic E-state index is 0.0987. The van der Waals surface area contributed by atoms with Gasteiger partial charge in [-0.25, -0.2) is 4.98 Å². The molecule has 0 radical (unpaired) electrons. The van der Waals surface area contributed by atoms with Crippen LogP contribution in [-0.2, 0) is 4.79 Å². The number of hydrogen-bond acceptors (Lipinski definition) is 5. The predicted octanol–water partition coefficient (Wildman–Crippen LogP) is 1.22. The quantitative estimate of drug-likeness (QED) is 0.885. The summed E-state index contributed by atoms with van der Waals surface area (Å²) in [6.07, 6.45) is 2.18. The van der Waals surface area contributed by atoms with E-state index in [9.17, 15) is 4.79 Å². The highest BCUT2D eigenvalue weighted by molar-refractivity contribution is 5.84. The molecule has 1 aliphatic heterocycles. The molecule has 19 heavy (non-hydrogen) atoms. The molecule has 0 saturated carbocycles. The minimum Gasteiger partial charge on any atom is -0.481 e. The van der Waals surface area contributed by atoms with E-state index >= 15 is 0 Å². The Morgan fingerprint density at radius 2 is 2.11 bits per heavy atom. The second-order valence-electron chi connectivity index (χ2n) is 4.77. The molecule has 0 bridgehead atoms. The number of aryl methyl sites for hydroxylation is 1. The van der Waals surface area contributed by atoms with Crippen molar-refractivity contribution >= 4 is 11.9 Å². The molecule has 1 N–H and O–H groups in total. The average molecular weight is 264 g/mol. The number of amides is 1. The van der Waals surface area contributed by atoms with E-state index in [4.69, 9.17) is 4.74 Å². The van der Waals surface area contributed by atoms with Crippen molar-refractivity contribution in [1.29, 1.82) is 0 Å². The standard InChI is InChI=1S/C13H20N4O2/c1-9-8-11(19-3)16-13(14-9)15-10(2)12(18)17-6-4-5-7-17/h8,10H,4-7H2,1-3H3,(H,14,15,16). The maximum atomic E-state index is 12.2. The van der Waals surface area contributed by atoms with Gasteiger partial charge in [-0.15, -0.1) is 0 Å². The Bertz CT molecular complexity index is 458. The third kappa shape index (κ3) is 3.33. The van der Waals surface area contributed by atoms with Crippen molar-refractivity contribution in [2.24, 2.45) is 0 Å². The lowest BCUT2D eigenvalue weighted by Crippen LogP contribution is -2.40. The molecule has 6 nitrogen and oxygen atoms in total. The molecule has 1 aromatic heterocycles. The summed E-state index contributed by atoms with van der Waals surface area (Å²) in [6.45, 7) is 5.40. The minimum atomic E-state index is -0.329. The summed E-state index contributed by atoms with van der Waals surface area (Å²) in [6, 6.07) is 1.42. The van der Waals surface area contributed by atoms with E-state index in [0.717, 1.165) is 31.6 Å². The fraction of sp³-hybridized carbons (Fsp3) is 0.615. The molecule has 2 rings (SSSR count). The van der Waals surface area contributed by atoms with Gasteiger partial charge in [0.15, 0.2) is 0 Å². The van der Waals surface area contributed by atoms with Crippen LogP contribution in [0.15, 0.2) is 6.07 Å². The normalized spacial score (nSPS) is 16.3. The van der Waals surface area contributed by atoms with Crippen LogP contribution in [0.1, 0.15) is 25.5 Å². The summed E-state index contributed by atoms with van der Waals surface area (Å²) >= 11 is 0. The number of aromatic nitrogens is 2. The zero-order chi connectivity index (χ0) is 13.8. The summed E-state index contributed by atoms with van der Waals surface area (Å²) in [5, 5.41) is 3.04. The van der Waals surface area contributed by atoms with Crippen LogP contribution < -0.4 is 10.1 Å². The van der Waals surface area contributed by atoms with Gasteiger partial charge in [-0.3, -0.25) is 4.79 Å². The summed E-state index contributed by atoms with van der Waals surface area (Å²) in [5.41, 5.74) is 0.801. The largest absolute Gasteiger partial charge is 0.481 e. The highest BCUT2D eigenvalue weighted by atomic mass is 16.5. The smallest absolute Gasteiger partial charge is 0.244 e. The number of nitrogens with zero attached hydrogens (tertiary/aromatic N) is 3. The van der Waals surface area contributed by atoms with E-state index in [1.54, 1.807) is 13.2 Å². The third-order valence-corrected chi connectivity index (χ3v) is 3.17. The van der Waals surface area contributed by atoms with Crippen molar-refractivity contribution < 1.29 is 9.53 Å². The number of likely N-dealkylation sites (tertiary alicyclic amines) is 1. The molecule has 2 heterocycles. The maximum absolute atomic E-state index is 12.2. The van der Waals surface area contributed by atoms with Gasteiger partial charge in [0.1, 0.15) is 6.04 Å². The van der Waals surface area contributed by atoms with Gasteiger partial charge in [-0.1, -0.05) is 0 Å². The molecule has 1 atom stereocenters. The van der Waals surface area contributed by atoms with Gasteiger partial charge in [-0.05, 0) is 26.7 Å². The molecule has 0 aliphatic carbocycles. The fourth-order valence-corrected chi connectivity index (χ4v) is 2.18. The predicted molar refractivity (Wildman–Crippen MR) is 72.2 cm³/mol. The Hall–Kier alpha value is -1.85. The van der Waals surface area contributed by atoms with E-state index in [0.29, 0.717) is 11.8 Å². The second-order valence-corrected chi connectivity index (χ2v) is 4.77. The molecule has 1 aliphatic rings. The Morgan fingerprint density at radius 3 is 2.74 bits per heavy atom. The third-order valence-electron chi connectivity index (χ3n) is 3.17. The molecule has 6 heteroatoms. The number of hydrogen-bond donors (Lipinski definition) is 1. The SMILES string of the molecule is COc1cc(C)nc(NC(C)C(=O)N2CCCC2)n1. The monoisotopic (exact) mass is 264 g/mol. The first-order valence-electron chi connectivity index (χ1n) is 6.55. The summed E-state index contributed by atoms with van der Waals surface area (Å²) < 4.78 is 5.09. The van der Waals surface area contributed by atoms with Gasteiger partial charge >= 0.3 is 0 Å². The topological polar surface area (TPSA) is 67.3 Å². The van der Waals surface area contributed by atoms with E-state index in [1.807, 2.05) is 18.7 Å². The van der Waals surface area contributed by atoms with Crippen LogP contribution in [0.3, 0.4) is 0 Å². The van der Waals surface area contributed by atoms with E-state index in [-0.39, 0.29) is 11.9 Å². The lowest BCUT2D eigenvalue weighted by molar-refractivity contribution is -0.130. The summed E-state index contributed by atoms with van der Waals surface area (Å²) in [5.74, 6) is 1.02. The van der Waals surface area contributed by atoms with Crippen LogP contribution in [0.4, 0.5) is 5.95 Å². The molecular formula is C13H20N4O2. The molecule has 1 saturated heterocycles. The average Bonchev–Trinajstić information content (AvgIpc) is 2.90. The first-order chi connectivity index (χ1) is 9.10. The van der Waals surface area contributed by atoms with Gasteiger partial charge in [-0.2, -0.15) is 4.98 Å². The fourth-order valence-electron chi connectivity index (χ4n) is 2.18. The van der Waals surface area contributed by atoms with Crippen LogP contribution in [0, 0.1) is 6.92 Å². The van der Waals surface area contributed by atoms with Crippen molar-refractivity contribution in [3.63, 3.8) is 0 Å². The number of rotatable bonds is 4. The van der Waals surface area contributed by atoms with Gasteiger partial charge in [0.2, 0.25) is 17.7 Å². The second kappa shape index (κ2) is 5.86. The first-order valence-corrected chi connectivity index (χ1v) is 6.55. The summed E-state index contributed by atoms with van der Waals surface area (Å²) in [4.78, 5) is 22.5. The van der Waals surface area contributed by atoms with Crippen LogP contribution in [-0.4, -0.2) is 47.0 Å². The number of anilines is 1. The van der Waals surface area contributed by atoms with Crippen molar-refractivity contribution in [2.45, 2.75) is 32.7 Å². The van der Waals surface area contributed by atoms with Crippen LogP contribution in [0.5, 0.6) is 5.88 Å². The van der Waals surface area contributed by atoms with E-state index in [1.165, 1.54) is 0 Å². The molecule has 0 spiro atoms. The lowest BCUT2D eigenvalue weighted by atomic mass is 10.3. The Kier molecular flexibility index (Phi) is 4.19.